The predicted molar refractivity (Wildman–Crippen MR) is 59.6 cm³/mol. The predicted octanol–water partition coefficient (Wildman–Crippen LogP) is 3.03. The van der Waals surface area contributed by atoms with Gasteiger partial charge in [-0.05, 0) is 62.9 Å². The van der Waals surface area contributed by atoms with Gasteiger partial charge in [0.1, 0.15) is 4.60 Å². The second-order valence-electron chi connectivity index (χ2n) is 3.18. The summed E-state index contributed by atoms with van der Waals surface area (Å²) in [5, 5.41) is 3.46. The van der Waals surface area contributed by atoms with Crippen LogP contribution in [0.1, 0.15) is 24.4 Å². The Morgan fingerprint density at radius 2 is 2.31 bits per heavy atom. The molecule has 0 bridgehead atoms. The maximum atomic E-state index is 4.15. The third-order valence-electron chi connectivity index (χ3n) is 2.29. The van der Waals surface area contributed by atoms with E-state index < -0.39 is 0 Å². The summed E-state index contributed by atoms with van der Waals surface area (Å²) in [7, 11) is 0. The van der Waals surface area contributed by atoms with E-state index in [0.29, 0.717) is 6.04 Å². The van der Waals surface area contributed by atoms with Crippen LogP contribution in [0.5, 0.6) is 0 Å². The molecule has 1 aromatic heterocycles. The number of hydrogen-bond acceptors (Lipinski definition) is 2. The second-order valence-corrected chi connectivity index (χ2v) is 4.84. The molecule has 1 fully saturated rings. The highest BCUT2D eigenvalue weighted by Gasteiger charge is 2.18. The number of pyridine rings is 1. The first-order chi connectivity index (χ1) is 6.27. The van der Waals surface area contributed by atoms with Crippen molar-refractivity contribution in [2.75, 3.05) is 6.54 Å². The van der Waals surface area contributed by atoms with Crippen molar-refractivity contribution < 1.29 is 0 Å². The zero-order valence-electron chi connectivity index (χ0n) is 7.06. The average Bonchev–Trinajstić information content (AvgIpc) is 2.61. The molecule has 70 valence electrons. The van der Waals surface area contributed by atoms with Crippen LogP contribution >= 0.6 is 31.9 Å². The van der Waals surface area contributed by atoms with Crippen LogP contribution in [0.4, 0.5) is 0 Å². The standard InChI is InChI=1S/C9H10Br2N2/c10-7-5-13-9(11)4-6(7)8-2-1-3-12-8/h4-5,8,12H,1-3H2/t8-/m1/s1. The van der Waals surface area contributed by atoms with E-state index in [4.69, 9.17) is 0 Å². The lowest BCUT2D eigenvalue weighted by Gasteiger charge is -2.12. The molecule has 1 aliphatic rings. The maximum absolute atomic E-state index is 4.15. The van der Waals surface area contributed by atoms with Gasteiger partial charge in [-0.3, -0.25) is 0 Å². The maximum Gasteiger partial charge on any atom is 0.106 e. The molecule has 1 N–H and O–H groups in total. The monoisotopic (exact) mass is 304 g/mol. The Hall–Kier alpha value is 0.0700. The van der Waals surface area contributed by atoms with Crippen molar-refractivity contribution in [3.8, 4) is 0 Å². The Labute approximate surface area is 94.4 Å². The van der Waals surface area contributed by atoms with Crippen LogP contribution in [-0.2, 0) is 0 Å². The van der Waals surface area contributed by atoms with Crippen LogP contribution in [0.2, 0.25) is 0 Å². The van der Waals surface area contributed by atoms with Gasteiger partial charge >= 0.3 is 0 Å². The molecule has 2 rings (SSSR count). The fourth-order valence-electron chi connectivity index (χ4n) is 1.64. The topological polar surface area (TPSA) is 24.9 Å². The van der Waals surface area contributed by atoms with Crippen molar-refractivity contribution in [3.05, 3.63) is 26.9 Å². The van der Waals surface area contributed by atoms with Gasteiger partial charge in [-0.1, -0.05) is 0 Å². The molecule has 0 unspecified atom stereocenters. The van der Waals surface area contributed by atoms with E-state index in [1.807, 2.05) is 6.20 Å². The van der Waals surface area contributed by atoms with E-state index >= 15 is 0 Å². The average molecular weight is 306 g/mol. The summed E-state index contributed by atoms with van der Waals surface area (Å²) in [4.78, 5) is 4.15. The summed E-state index contributed by atoms with van der Waals surface area (Å²) < 4.78 is 1.99. The van der Waals surface area contributed by atoms with Crippen LogP contribution in [0.3, 0.4) is 0 Å². The van der Waals surface area contributed by atoms with Gasteiger partial charge in [0.05, 0.1) is 0 Å². The number of hydrogen-bond donors (Lipinski definition) is 1. The molecule has 0 amide bonds. The molecule has 2 nitrogen and oxygen atoms in total. The quantitative estimate of drug-likeness (QED) is 0.807. The summed E-state index contributed by atoms with van der Waals surface area (Å²) in [6.07, 6.45) is 4.32. The summed E-state index contributed by atoms with van der Waals surface area (Å²) in [6, 6.07) is 2.57. The zero-order chi connectivity index (χ0) is 9.26. The second kappa shape index (κ2) is 4.07. The zero-order valence-corrected chi connectivity index (χ0v) is 10.2. The smallest absolute Gasteiger partial charge is 0.106 e. The van der Waals surface area contributed by atoms with Gasteiger partial charge in [0, 0.05) is 16.7 Å². The molecular formula is C9H10Br2N2. The number of nitrogens with zero attached hydrogens (tertiary/aromatic N) is 1. The lowest BCUT2D eigenvalue weighted by molar-refractivity contribution is 0.643. The number of halogens is 2. The van der Waals surface area contributed by atoms with Crippen molar-refractivity contribution in [2.45, 2.75) is 18.9 Å². The molecule has 0 saturated carbocycles. The molecule has 0 spiro atoms. The molecule has 0 aliphatic carbocycles. The van der Waals surface area contributed by atoms with Gasteiger partial charge in [-0.2, -0.15) is 0 Å². The van der Waals surface area contributed by atoms with Gasteiger partial charge in [0.15, 0.2) is 0 Å². The summed E-state index contributed by atoms with van der Waals surface area (Å²) in [6.45, 7) is 1.12. The van der Waals surface area contributed by atoms with Gasteiger partial charge in [0.25, 0.3) is 0 Å². The largest absolute Gasteiger partial charge is 0.310 e. The first kappa shape index (κ1) is 9.62. The highest BCUT2D eigenvalue weighted by atomic mass is 79.9. The summed E-state index contributed by atoms with van der Waals surface area (Å²) in [5.41, 5.74) is 1.30. The van der Waals surface area contributed by atoms with Crippen molar-refractivity contribution in [2.24, 2.45) is 0 Å². The van der Waals surface area contributed by atoms with Gasteiger partial charge in [-0.15, -0.1) is 0 Å². The summed E-state index contributed by atoms with van der Waals surface area (Å²) in [5.74, 6) is 0. The lowest BCUT2D eigenvalue weighted by Crippen LogP contribution is -2.13. The molecule has 0 aromatic carbocycles. The minimum absolute atomic E-state index is 0.494. The van der Waals surface area contributed by atoms with E-state index in [1.165, 1.54) is 18.4 Å². The molecule has 1 atom stereocenters. The van der Waals surface area contributed by atoms with Crippen molar-refractivity contribution in [1.29, 1.82) is 0 Å². The SMILES string of the molecule is Brc1cc([C@H]2CCCN2)c(Br)cn1. The van der Waals surface area contributed by atoms with Gasteiger partial charge in [-0.25, -0.2) is 4.98 Å². The molecule has 1 saturated heterocycles. The Morgan fingerprint density at radius 1 is 1.46 bits per heavy atom. The molecule has 0 radical (unpaired) electrons. The van der Waals surface area contributed by atoms with E-state index in [1.54, 1.807) is 0 Å². The van der Waals surface area contributed by atoms with E-state index in [9.17, 15) is 0 Å². The van der Waals surface area contributed by atoms with Crippen LogP contribution in [0.15, 0.2) is 21.3 Å². The first-order valence-electron chi connectivity index (χ1n) is 4.31. The lowest BCUT2D eigenvalue weighted by atomic mass is 10.1. The van der Waals surface area contributed by atoms with E-state index in [0.717, 1.165) is 15.6 Å². The molecule has 1 aromatic rings. The van der Waals surface area contributed by atoms with Crippen LogP contribution in [0.25, 0.3) is 0 Å². The Kier molecular flexibility index (Phi) is 3.01. The highest BCUT2D eigenvalue weighted by Crippen LogP contribution is 2.30. The van der Waals surface area contributed by atoms with Crippen LogP contribution in [0, 0.1) is 0 Å². The Morgan fingerprint density at radius 3 is 3.00 bits per heavy atom. The molecule has 13 heavy (non-hydrogen) atoms. The minimum atomic E-state index is 0.494. The van der Waals surface area contributed by atoms with Gasteiger partial charge in [0.2, 0.25) is 0 Å². The third-order valence-corrected chi connectivity index (χ3v) is 3.38. The number of rotatable bonds is 1. The van der Waals surface area contributed by atoms with Crippen LogP contribution < -0.4 is 5.32 Å². The first-order valence-corrected chi connectivity index (χ1v) is 5.90. The number of nitrogens with one attached hydrogen (secondary N) is 1. The fourth-order valence-corrected chi connectivity index (χ4v) is 2.49. The third kappa shape index (κ3) is 2.11. The minimum Gasteiger partial charge on any atom is -0.310 e. The van der Waals surface area contributed by atoms with Crippen molar-refractivity contribution in [1.82, 2.24) is 10.3 Å². The van der Waals surface area contributed by atoms with E-state index in [-0.39, 0.29) is 0 Å². The van der Waals surface area contributed by atoms with Crippen LogP contribution in [-0.4, -0.2) is 11.5 Å². The van der Waals surface area contributed by atoms with E-state index in [2.05, 4.69) is 48.2 Å². The van der Waals surface area contributed by atoms with Gasteiger partial charge < -0.3 is 5.32 Å². The molecule has 2 heterocycles. The fraction of sp³-hybridized carbons (Fsp3) is 0.444. The van der Waals surface area contributed by atoms with Crippen molar-refractivity contribution in [3.63, 3.8) is 0 Å². The highest BCUT2D eigenvalue weighted by molar-refractivity contribution is 9.11. The molecule has 1 aliphatic heterocycles. The Bertz CT molecular complexity index is 308. The Balaban J connectivity index is 2.32. The molecule has 4 heteroatoms. The van der Waals surface area contributed by atoms with Crippen molar-refractivity contribution >= 4 is 31.9 Å². The number of aromatic nitrogens is 1. The molecular weight excluding hydrogens is 296 g/mol. The summed E-state index contributed by atoms with van der Waals surface area (Å²) >= 11 is 6.90. The normalized spacial score (nSPS) is 22.2.